The van der Waals surface area contributed by atoms with Gasteiger partial charge in [0.05, 0.1) is 50.8 Å². The summed E-state index contributed by atoms with van der Waals surface area (Å²) in [5.74, 6) is 0. The molecule has 1 aliphatic rings. The van der Waals surface area contributed by atoms with Gasteiger partial charge in [0.2, 0.25) is 0 Å². The quantitative estimate of drug-likeness (QED) is 0.180. The molecule has 2 N–H and O–H groups in total. The van der Waals surface area contributed by atoms with E-state index in [4.69, 9.17) is 34.8 Å². The number of fused-ring (bicyclic) bond motifs is 1. The highest BCUT2D eigenvalue weighted by Gasteiger charge is 2.29. The summed E-state index contributed by atoms with van der Waals surface area (Å²) in [5, 5.41) is 28.2. The van der Waals surface area contributed by atoms with Crippen LogP contribution in [0.25, 0.3) is 10.9 Å². The van der Waals surface area contributed by atoms with E-state index in [0.29, 0.717) is 49.0 Å². The van der Waals surface area contributed by atoms with E-state index in [0.717, 1.165) is 42.9 Å². The molecule has 11 heteroatoms. The van der Waals surface area contributed by atoms with Gasteiger partial charge in [-0.25, -0.2) is 4.68 Å². The molecule has 0 amide bonds. The summed E-state index contributed by atoms with van der Waals surface area (Å²) in [7, 11) is 0. The van der Waals surface area contributed by atoms with Crippen LogP contribution in [0.5, 0.6) is 0 Å². The fourth-order valence-corrected chi connectivity index (χ4v) is 6.44. The highest BCUT2D eigenvalue weighted by atomic mass is 35.5. The second-order valence-corrected chi connectivity index (χ2v) is 13.5. The van der Waals surface area contributed by atoms with Crippen LogP contribution in [-0.2, 0) is 0 Å². The van der Waals surface area contributed by atoms with Crippen molar-refractivity contribution in [1.29, 1.82) is 5.26 Å². The second kappa shape index (κ2) is 12.9. The average molecular weight is 660 g/mol. The molecule has 1 saturated heterocycles. The Kier molecular flexibility index (Phi) is 8.89. The smallest absolute Gasteiger partial charge is 0.109 e. The van der Waals surface area contributed by atoms with Crippen molar-refractivity contribution in [2.24, 2.45) is 0 Å². The van der Waals surface area contributed by atoms with Gasteiger partial charge in [0.1, 0.15) is 11.8 Å². The number of likely N-dealkylation sites (tertiary alicyclic amines) is 1. The van der Waals surface area contributed by atoms with Crippen LogP contribution >= 0.6 is 34.8 Å². The van der Waals surface area contributed by atoms with Gasteiger partial charge in [0.25, 0.3) is 0 Å². The molecule has 0 aliphatic carbocycles. The van der Waals surface area contributed by atoms with Crippen molar-refractivity contribution >= 4 is 62.8 Å². The maximum Gasteiger partial charge on any atom is 0.109 e. The fraction of sp³-hybridized carbons (Fsp3) is 0.294. The topological polar surface area (TPSA) is 94.7 Å². The van der Waals surface area contributed by atoms with Crippen molar-refractivity contribution in [3.8, 4) is 6.07 Å². The molecule has 5 aromatic rings. The van der Waals surface area contributed by atoms with E-state index in [1.165, 1.54) is 6.20 Å². The molecule has 45 heavy (non-hydrogen) atoms. The predicted octanol–water partition coefficient (Wildman–Crippen LogP) is 9.04. The van der Waals surface area contributed by atoms with E-state index < -0.39 is 0 Å². The Bertz CT molecular complexity index is 1870. The van der Waals surface area contributed by atoms with E-state index in [9.17, 15) is 5.26 Å². The Morgan fingerprint density at radius 2 is 1.73 bits per heavy atom. The minimum atomic E-state index is -0.311. The van der Waals surface area contributed by atoms with Crippen LogP contribution < -0.4 is 10.6 Å². The minimum absolute atomic E-state index is 0.154. The normalized spacial score (nSPS) is 15.1. The zero-order chi connectivity index (χ0) is 31.7. The number of nitriles is 1. The summed E-state index contributed by atoms with van der Waals surface area (Å²) in [6.45, 7) is 8.83. The predicted molar refractivity (Wildman–Crippen MR) is 183 cm³/mol. The molecule has 1 fully saturated rings. The molecule has 3 aromatic carbocycles. The highest BCUT2D eigenvalue weighted by Crippen LogP contribution is 2.38. The van der Waals surface area contributed by atoms with Crippen LogP contribution in [0.4, 0.5) is 17.1 Å². The zero-order valence-electron chi connectivity index (χ0n) is 25.2. The summed E-state index contributed by atoms with van der Waals surface area (Å²) >= 11 is 19.5. The molecular weight excluding hydrogens is 627 g/mol. The summed E-state index contributed by atoms with van der Waals surface area (Å²) < 4.78 is 2.01. The first-order valence-corrected chi connectivity index (χ1v) is 16.0. The van der Waals surface area contributed by atoms with Crippen LogP contribution in [0.1, 0.15) is 62.5 Å². The number of piperidine rings is 1. The summed E-state index contributed by atoms with van der Waals surface area (Å²) in [4.78, 5) is 7.02. The molecule has 8 nitrogen and oxygen atoms in total. The molecule has 2 aromatic heterocycles. The third-order valence-electron chi connectivity index (χ3n) is 8.29. The lowest BCUT2D eigenvalue weighted by Gasteiger charge is -2.40. The number of nitrogens with zero attached hydrogens (tertiary/aromatic N) is 6. The molecule has 230 valence electrons. The number of benzene rings is 3. The molecule has 0 saturated carbocycles. The number of pyridine rings is 1. The molecule has 0 bridgehead atoms. The van der Waals surface area contributed by atoms with E-state index >= 15 is 0 Å². The lowest BCUT2D eigenvalue weighted by molar-refractivity contribution is 0.0866. The molecule has 3 heterocycles. The third-order valence-corrected chi connectivity index (χ3v) is 9.14. The van der Waals surface area contributed by atoms with Crippen molar-refractivity contribution in [2.45, 2.75) is 51.2 Å². The van der Waals surface area contributed by atoms with Gasteiger partial charge >= 0.3 is 0 Å². The van der Waals surface area contributed by atoms with Crippen molar-refractivity contribution in [3.63, 3.8) is 0 Å². The standard InChI is InChI=1S/C34H33Cl3N8/c1-34(2,3)44-13-11-25(12-14-44)45-20-30(42-43-45)32(21-7-5-4-6-8-21)40-24-16-26-31(41-29-15-23(35)9-10-27(29)36)22(18-38)19-39-33(26)28(37)17-24/h4-10,15-17,19-20,25,32,40H,11-14H2,1-3H3,(H,39,41). The van der Waals surface area contributed by atoms with Crippen molar-refractivity contribution in [3.05, 3.63) is 105 Å². The van der Waals surface area contributed by atoms with Gasteiger partial charge in [-0.1, -0.05) is 70.3 Å². The first-order chi connectivity index (χ1) is 21.6. The number of halogens is 3. The number of hydrogen-bond donors (Lipinski definition) is 2. The fourth-order valence-electron chi connectivity index (χ4n) is 5.83. The number of hydrogen-bond acceptors (Lipinski definition) is 7. The maximum atomic E-state index is 9.97. The molecule has 0 radical (unpaired) electrons. The van der Waals surface area contributed by atoms with E-state index in [1.807, 2.05) is 41.2 Å². The first kappa shape index (κ1) is 31.1. The number of nitrogens with one attached hydrogen (secondary N) is 2. The second-order valence-electron chi connectivity index (χ2n) is 12.3. The monoisotopic (exact) mass is 658 g/mol. The molecule has 1 atom stereocenters. The Balaban J connectivity index is 1.36. The molecule has 0 spiro atoms. The van der Waals surface area contributed by atoms with Crippen LogP contribution in [0.15, 0.2) is 73.1 Å². The van der Waals surface area contributed by atoms with Gasteiger partial charge in [0, 0.05) is 40.9 Å². The molecule has 1 aliphatic heterocycles. The average Bonchev–Trinajstić information content (AvgIpc) is 3.52. The largest absolute Gasteiger partial charge is 0.373 e. The Morgan fingerprint density at radius 1 is 0.978 bits per heavy atom. The summed E-state index contributed by atoms with van der Waals surface area (Å²) in [5.41, 5.74) is 4.68. The van der Waals surface area contributed by atoms with Crippen LogP contribution in [0.2, 0.25) is 15.1 Å². The van der Waals surface area contributed by atoms with E-state index in [2.05, 4.69) is 69.8 Å². The van der Waals surface area contributed by atoms with E-state index in [-0.39, 0.29) is 11.6 Å². The SMILES string of the molecule is CC(C)(C)N1CCC(n2cc(C(Nc3cc(Cl)c4ncc(C#N)c(Nc5cc(Cl)ccc5Cl)c4c3)c3ccccc3)nn2)CC1. The molecule has 1 unspecified atom stereocenters. The number of aromatic nitrogens is 4. The van der Waals surface area contributed by atoms with Gasteiger partial charge in [-0.05, 0) is 69.5 Å². The maximum absolute atomic E-state index is 9.97. The Labute approximate surface area is 277 Å². The Hall–Kier alpha value is -3.87. The van der Waals surface area contributed by atoms with Crippen LogP contribution in [0, 0.1) is 11.3 Å². The van der Waals surface area contributed by atoms with Gasteiger partial charge in [-0.2, -0.15) is 5.26 Å². The van der Waals surface area contributed by atoms with Gasteiger partial charge < -0.3 is 10.6 Å². The van der Waals surface area contributed by atoms with Crippen molar-refractivity contribution in [1.82, 2.24) is 24.9 Å². The van der Waals surface area contributed by atoms with Gasteiger partial charge in [-0.15, -0.1) is 5.10 Å². The lowest BCUT2D eigenvalue weighted by atomic mass is 9.98. The number of anilines is 3. The highest BCUT2D eigenvalue weighted by molar-refractivity contribution is 6.36. The lowest BCUT2D eigenvalue weighted by Crippen LogP contribution is -2.46. The zero-order valence-corrected chi connectivity index (χ0v) is 27.5. The van der Waals surface area contributed by atoms with Gasteiger partial charge in [0.15, 0.2) is 0 Å². The van der Waals surface area contributed by atoms with Crippen molar-refractivity contribution < 1.29 is 0 Å². The molecule has 6 rings (SSSR count). The third kappa shape index (κ3) is 6.73. The number of rotatable bonds is 7. The van der Waals surface area contributed by atoms with Crippen LogP contribution in [-0.4, -0.2) is 43.5 Å². The summed E-state index contributed by atoms with van der Waals surface area (Å²) in [6, 6.07) is 21.2. The van der Waals surface area contributed by atoms with Crippen molar-refractivity contribution in [2.75, 3.05) is 23.7 Å². The molecular formula is C34H33Cl3N8. The first-order valence-electron chi connectivity index (χ1n) is 14.8. The summed E-state index contributed by atoms with van der Waals surface area (Å²) in [6.07, 6.45) is 5.59. The minimum Gasteiger partial charge on any atom is -0.373 e. The van der Waals surface area contributed by atoms with E-state index in [1.54, 1.807) is 18.2 Å². The Morgan fingerprint density at radius 3 is 2.44 bits per heavy atom. The van der Waals surface area contributed by atoms with Gasteiger partial charge in [-0.3, -0.25) is 9.88 Å². The van der Waals surface area contributed by atoms with Crippen LogP contribution in [0.3, 0.4) is 0 Å².